The molecule has 0 aliphatic heterocycles. The molecule has 1 saturated carbocycles. The third-order valence-corrected chi connectivity index (χ3v) is 4.02. The summed E-state index contributed by atoms with van der Waals surface area (Å²) in [6.45, 7) is -0.0126. The number of hydrogen-bond donors (Lipinski definition) is 2. The molecule has 0 bridgehead atoms. The molecule has 18 heavy (non-hydrogen) atoms. The van der Waals surface area contributed by atoms with E-state index in [1.807, 2.05) is 24.3 Å². The van der Waals surface area contributed by atoms with Crippen molar-refractivity contribution in [3.63, 3.8) is 0 Å². The molecule has 0 atom stereocenters. The highest BCUT2D eigenvalue weighted by Gasteiger charge is 2.28. The molecule has 2 N–H and O–H groups in total. The fourth-order valence-electron chi connectivity index (χ4n) is 1.85. The molecule has 0 spiro atoms. The van der Waals surface area contributed by atoms with Crippen LogP contribution in [0.4, 0.5) is 0 Å². The topological polar surface area (TPSA) is 70.9 Å². The summed E-state index contributed by atoms with van der Waals surface area (Å²) in [5, 5.41) is 16.5. The highest BCUT2D eigenvalue weighted by molar-refractivity contribution is 7.99. The molecule has 0 saturated heterocycles. The minimum Gasteiger partial charge on any atom is -0.392 e. The number of aromatic amines is 1. The van der Waals surface area contributed by atoms with Crippen LogP contribution in [0.2, 0.25) is 0 Å². The Morgan fingerprint density at radius 2 is 2.22 bits per heavy atom. The monoisotopic (exact) mass is 263 g/mol. The van der Waals surface area contributed by atoms with E-state index in [1.165, 1.54) is 11.8 Å². The molecule has 3 rings (SSSR count). The van der Waals surface area contributed by atoms with E-state index in [-0.39, 0.29) is 12.3 Å². The first-order chi connectivity index (χ1) is 8.79. The van der Waals surface area contributed by atoms with E-state index >= 15 is 0 Å². The predicted octanol–water partition coefficient (Wildman–Crippen LogP) is 1.55. The third kappa shape index (κ3) is 2.09. The second kappa shape index (κ2) is 4.62. The van der Waals surface area contributed by atoms with Crippen LogP contribution < -0.4 is 5.69 Å². The van der Waals surface area contributed by atoms with Gasteiger partial charge in [0.2, 0.25) is 0 Å². The Morgan fingerprint density at radius 1 is 1.44 bits per heavy atom. The van der Waals surface area contributed by atoms with Crippen LogP contribution in [0.1, 0.15) is 24.4 Å². The number of nitrogens with one attached hydrogen (secondary N) is 1. The van der Waals surface area contributed by atoms with E-state index in [1.54, 1.807) is 4.57 Å². The van der Waals surface area contributed by atoms with E-state index in [0.29, 0.717) is 11.2 Å². The number of aliphatic hydroxyl groups is 1. The van der Waals surface area contributed by atoms with Crippen molar-refractivity contribution >= 4 is 11.8 Å². The van der Waals surface area contributed by atoms with Crippen molar-refractivity contribution in [1.82, 2.24) is 14.8 Å². The Morgan fingerprint density at radius 3 is 2.94 bits per heavy atom. The Bertz CT molecular complexity index is 616. The van der Waals surface area contributed by atoms with E-state index < -0.39 is 0 Å². The zero-order chi connectivity index (χ0) is 12.5. The van der Waals surface area contributed by atoms with Crippen molar-refractivity contribution in [2.45, 2.75) is 35.5 Å². The number of rotatable bonds is 4. The Kier molecular flexibility index (Phi) is 2.97. The number of nitrogens with zero attached hydrogens (tertiary/aromatic N) is 2. The molecular formula is C12H13N3O2S. The summed E-state index contributed by atoms with van der Waals surface area (Å²) < 4.78 is 1.71. The second-order valence-corrected chi connectivity index (χ2v) is 5.29. The van der Waals surface area contributed by atoms with Crippen molar-refractivity contribution in [3.05, 3.63) is 40.3 Å². The third-order valence-electron chi connectivity index (χ3n) is 2.93. The van der Waals surface area contributed by atoms with Crippen LogP contribution in [0.3, 0.4) is 0 Å². The van der Waals surface area contributed by atoms with Crippen LogP contribution in [0, 0.1) is 0 Å². The molecular weight excluding hydrogens is 250 g/mol. The lowest BCUT2D eigenvalue weighted by atomic mass is 10.2. The Balaban J connectivity index is 1.95. The number of aliphatic hydroxyl groups excluding tert-OH is 1. The highest BCUT2D eigenvalue weighted by atomic mass is 32.2. The second-order valence-electron chi connectivity index (χ2n) is 4.28. The van der Waals surface area contributed by atoms with Crippen LogP contribution in [0.25, 0.3) is 0 Å². The average molecular weight is 263 g/mol. The van der Waals surface area contributed by atoms with Gasteiger partial charge in [-0.05, 0) is 36.2 Å². The molecule has 5 nitrogen and oxygen atoms in total. The van der Waals surface area contributed by atoms with Crippen LogP contribution in [-0.4, -0.2) is 19.9 Å². The molecule has 6 heteroatoms. The van der Waals surface area contributed by atoms with Gasteiger partial charge in [-0.3, -0.25) is 4.57 Å². The molecule has 1 aliphatic rings. The van der Waals surface area contributed by atoms with Crippen LogP contribution in [0.5, 0.6) is 0 Å². The zero-order valence-electron chi connectivity index (χ0n) is 9.67. The molecule has 0 radical (unpaired) electrons. The van der Waals surface area contributed by atoms with Gasteiger partial charge in [0.05, 0.1) is 6.61 Å². The molecule has 1 aliphatic carbocycles. The smallest absolute Gasteiger partial charge is 0.344 e. The van der Waals surface area contributed by atoms with Gasteiger partial charge in [-0.15, -0.1) is 5.10 Å². The lowest BCUT2D eigenvalue weighted by Crippen LogP contribution is -2.16. The van der Waals surface area contributed by atoms with Crippen molar-refractivity contribution in [3.8, 4) is 0 Å². The molecule has 94 valence electrons. The lowest BCUT2D eigenvalue weighted by Gasteiger charge is -2.06. The molecule has 0 amide bonds. The lowest BCUT2D eigenvalue weighted by molar-refractivity contribution is 0.279. The quantitative estimate of drug-likeness (QED) is 0.878. The van der Waals surface area contributed by atoms with E-state index in [0.717, 1.165) is 23.3 Å². The maximum absolute atomic E-state index is 11.6. The van der Waals surface area contributed by atoms with Crippen molar-refractivity contribution in [1.29, 1.82) is 0 Å². The van der Waals surface area contributed by atoms with Gasteiger partial charge in [0.25, 0.3) is 0 Å². The Labute approximate surface area is 108 Å². The van der Waals surface area contributed by atoms with Gasteiger partial charge in [-0.1, -0.05) is 18.2 Å². The summed E-state index contributed by atoms with van der Waals surface area (Å²) in [6.07, 6.45) is 2.07. The minimum atomic E-state index is -0.151. The van der Waals surface area contributed by atoms with E-state index in [2.05, 4.69) is 10.2 Å². The summed E-state index contributed by atoms with van der Waals surface area (Å²) in [7, 11) is 0. The molecule has 1 heterocycles. The van der Waals surface area contributed by atoms with Gasteiger partial charge in [-0.2, -0.15) is 0 Å². The van der Waals surface area contributed by atoms with Crippen LogP contribution in [0.15, 0.2) is 39.1 Å². The number of H-pyrrole nitrogens is 1. The number of aromatic nitrogens is 3. The summed E-state index contributed by atoms with van der Waals surface area (Å²) >= 11 is 1.42. The Hall–Kier alpha value is -1.53. The fourth-order valence-corrected chi connectivity index (χ4v) is 2.88. The molecule has 1 aromatic carbocycles. The van der Waals surface area contributed by atoms with Gasteiger partial charge in [0.15, 0.2) is 5.16 Å². The number of benzene rings is 1. The minimum absolute atomic E-state index is 0.0126. The first-order valence-corrected chi connectivity index (χ1v) is 6.65. The van der Waals surface area contributed by atoms with Crippen molar-refractivity contribution in [2.24, 2.45) is 0 Å². The van der Waals surface area contributed by atoms with Gasteiger partial charge in [0, 0.05) is 10.9 Å². The fraction of sp³-hybridized carbons (Fsp3) is 0.333. The maximum atomic E-state index is 11.6. The first kappa shape index (κ1) is 11.6. The van der Waals surface area contributed by atoms with Gasteiger partial charge in [0.1, 0.15) is 0 Å². The van der Waals surface area contributed by atoms with Crippen LogP contribution in [-0.2, 0) is 6.61 Å². The van der Waals surface area contributed by atoms with Gasteiger partial charge < -0.3 is 5.11 Å². The van der Waals surface area contributed by atoms with Gasteiger partial charge in [-0.25, -0.2) is 9.89 Å². The zero-order valence-corrected chi connectivity index (χ0v) is 10.5. The summed E-state index contributed by atoms with van der Waals surface area (Å²) in [5.74, 6) is 0. The average Bonchev–Trinajstić information content (AvgIpc) is 3.16. The van der Waals surface area contributed by atoms with E-state index in [4.69, 9.17) is 0 Å². The molecule has 1 fully saturated rings. The highest BCUT2D eigenvalue weighted by Crippen LogP contribution is 2.38. The molecule has 2 aromatic rings. The predicted molar refractivity (Wildman–Crippen MR) is 67.6 cm³/mol. The summed E-state index contributed by atoms with van der Waals surface area (Å²) in [6, 6.07) is 7.88. The molecule has 1 aromatic heterocycles. The standard InChI is InChI=1S/C12H13N3O2S/c16-7-8-3-1-2-4-10(8)18-12-14-13-11(17)15(12)9-5-6-9/h1-4,9,16H,5-7H2,(H,13,17). The maximum Gasteiger partial charge on any atom is 0.344 e. The normalized spacial score (nSPS) is 14.9. The van der Waals surface area contributed by atoms with Crippen molar-refractivity contribution in [2.75, 3.05) is 0 Å². The van der Waals surface area contributed by atoms with Crippen molar-refractivity contribution < 1.29 is 5.11 Å². The van der Waals surface area contributed by atoms with E-state index in [9.17, 15) is 9.90 Å². The number of hydrogen-bond acceptors (Lipinski definition) is 4. The first-order valence-electron chi connectivity index (χ1n) is 5.83. The van der Waals surface area contributed by atoms with Gasteiger partial charge >= 0.3 is 5.69 Å². The van der Waals surface area contributed by atoms with Crippen LogP contribution >= 0.6 is 11.8 Å². The summed E-state index contributed by atoms with van der Waals surface area (Å²) in [4.78, 5) is 12.6. The summed E-state index contributed by atoms with van der Waals surface area (Å²) in [5.41, 5.74) is 0.696. The largest absolute Gasteiger partial charge is 0.392 e. The SMILES string of the molecule is O=c1[nH]nc(Sc2ccccc2CO)n1C1CC1. The molecule has 0 unspecified atom stereocenters.